The lowest BCUT2D eigenvalue weighted by Gasteiger charge is -2.31. The van der Waals surface area contributed by atoms with Gasteiger partial charge in [-0.15, -0.1) is 0 Å². The lowest BCUT2D eigenvalue weighted by atomic mass is 10.2. The van der Waals surface area contributed by atoms with Crippen LogP contribution in [0.3, 0.4) is 0 Å². The van der Waals surface area contributed by atoms with E-state index in [0.29, 0.717) is 12.3 Å². The van der Waals surface area contributed by atoms with Crippen LogP contribution < -0.4 is 15.0 Å². The number of anilines is 1. The van der Waals surface area contributed by atoms with E-state index < -0.39 is 0 Å². The van der Waals surface area contributed by atoms with Crippen LogP contribution in [0.15, 0.2) is 18.2 Å². The number of hydrogen-bond donors (Lipinski definition) is 2. The molecule has 2 rings (SSSR count). The standard InChI is InChI=1S/C16H24N2O3/c1-11-5-6-15(20-4)14(7-11)17-16(19)10-18-8-12(2)21-13(3)9-18/h5-7,12-13H,8-10H2,1-4H3,(H,17,19)/p+1/t12-,13-/m1/s1. The minimum absolute atomic E-state index is 0.00944. The van der Waals surface area contributed by atoms with Gasteiger partial charge in [0.2, 0.25) is 0 Å². The minimum atomic E-state index is 0.00944. The zero-order valence-electron chi connectivity index (χ0n) is 13.2. The van der Waals surface area contributed by atoms with Crippen molar-refractivity contribution >= 4 is 11.6 Å². The van der Waals surface area contributed by atoms with Crippen molar-refractivity contribution in [3.05, 3.63) is 23.8 Å². The Bertz CT molecular complexity index is 494. The third-order valence-corrected chi connectivity index (χ3v) is 3.66. The summed E-state index contributed by atoms with van der Waals surface area (Å²) in [5, 5.41) is 2.95. The molecule has 0 aliphatic carbocycles. The van der Waals surface area contributed by atoms with Crippen LogP contribution in [0.2, 0.25) is 0 Å². The lowest BCUT2D eigenvalue weighted by molar-refractivity contribution is -0.907. The maximum atomic E-state index is 12.2. The largest absolute Gasteiger partial charge is 0.495 e. The summed E-state index contributed by atoms with van der Waals surface area (Å²) in [6.45, 7) is 8.28. The van der Waals surface area contributed by atoms with E-state index >= 15 is 0 Å². The Balaban J connectivity index is 1.97. The minimum Gasteiger partial charge on any atom is -0.495 e. The van der Waals surface area contributed by atoms with Gasteiger partial charge in [0.1, 0.15) is 31.0 Å². The van der Waals surface area contributed by atoms with Crippen molar-refractivity contribution in [2.24, 2.45) is 0 Å². The van der Waals surface area contributed by atoms with Crippen molar-refractivity contribution < 1.29 is 19.2 Å². The average Bonchev–Trinajstić information content (AvgIpc) is 2.37. The van der Waals surface area contributed by atoms with Crippen molar-refractivity contribution in [1.82, 2.24) is 0 Å². The number of amides is 1. The van der Waals surface area contributed by atoms with Crippen molar-refractivity contribution in [1.29, 1.82) is 0 Å². The monoisotopic (exact) mass is 293 g/mol. The predicted octanol–water partition coefficient (Wildman–Crippen LogP) is 0.634. The molecule has 0 radical (unpaired) electrons. The number of rotatable bonds is 4. The summed E-state index contributed by atoms with van der Waals surface area (Å²) < 4.78 is 11.0. The molecule has 1 aromatic carbocycles. The molecule has 116 valence electrons. The fraction of sp³-hybridized carbons (Fsp3) is 0.562. The summed E-state index contributed by atoms with van der Waals surface area (Å²) in [4.78, 5) is 13.5. The van der Waals surface area contributed by atoms with Crippen molar-refractivity contribution in [3.63, 3.8) is 0 Å². The van der Waals surface area contributed by atoms with E-state index in [4.69, 9.17) is 9.47 Å². The molecule has 1 aliphatic heterocycles. The third kappa shape index (κ3) is 4.44. The Morgan fingerprint density at radius 1 is 1.38 bits per heavy atom. The molecule has 0 spiro atoms. The van der Waals surface area contributed by atoms with Crippen molar-refractivity contribution in [3.8, 4) is 5.75 Å². The molecule has 1 aromatic rings. The zero-order valence-corrected chi connectivity index (χ0v) is 13.2. The summed E-state index contributed by atoms with van der Waals surface area (Å²) in [6, 6.07) is 5.76. The Morgan fingerprint density at radius 3 is 2.67 bits per heavy atom. The quantitative estimate of drug-likeness (QED) is 0.856. The number of carbonyl (C=O) groups is 1. The molecule has 1 heterocycles. The van der Waals surface area contributed by atoms with Crippen LogP contribution in [-0.2, 0) is 9.53 Å². The molecule has 0 unspecified atom stereocenters. The average molecular weight is 293 g/mol. The Labute approximate surface area is 126 Å². The first-order valence-corrected chi connectivity index (χ1v) is 7.41. The second-order valence-corrected chi connectivity index (χ2v) is 5.84. The molecule has 2 atom stereocenters. The summed E-state index contributed by atoms with van der Waals surface area (Å²) >= 11 is 0. The normalized spacial score (nSPS) is 25.4. The fourth-order valence-electron chi connectivity index (χ4n) is 2.87. The molecule has 5 nitrogen and oxygen atoms in total. The molecular weight excluding hydrogens is 268 g/mol. The van der Waals surface area contributed by atoms with Gasteiger partial charge >= 0.3 is 0 Å². The summed E-state index contributed by atoms with van der Waals surface area (Å²) in [7, 11) is 1.61. The van der Waals surface area contributed by atoms with Crippen LogP contribution in [0.5, 0.6) is 5.75 Å². The predicted molar refractivity (Wildman–Crippen MR) is 81.9 cm³/mol. The number of quaternary nitrogens is 1. The first kappa shape index (κ1) is 15.8. The number of benzene rings is 1. The number of morpholine rings is 1. The van der Waals surface area contributed by atoms with Crippen molar-refractivity contribution in [2.45, 2.75) is 33.0 Å². The topological polar surface area (TPSA) is 52.0 Å². The van der Waals surface area contributed by atoms with Gasteiger partial charge in [0.25, 0.3) is 5.91 Å². The smallest absolute Gasteiger partial charge is 0.279 e. The van der Waals surface area contributed by atoms with E-state index in [0.717, 1.165) is 24.3 Å². The molecule has 0 saturated carbocycles. The first-order valence-electron chi connectivity index (χ1n) is 7.41. The van der Waals surface area contributed by atoms with Gasteiger partial charge in [-0.2, -0.15) is 0 Å². The van der Waals surface area contributed by atoms with Crippen LogP contribution in [0, 0.1) is 6.92 Å². The highest BCUT2D eigenvalue weighted by atomic mass is 16.5. The Morgan fingerprint density at radius 2 is 2.05 bits per heavy atom. The summed E-state index contributed by atoms with van der Waals surface area (Å²) in [5.74, 6) is 0.697. The van der Waals surface area contributed by atoms with Gasteiger partial charge in [-0.25, -0.2) is 0 Å². The van der Waals surface area contributed by atoms with Gasteiger partial charge < -0.3 is 19.7 Å². The number of nitrogens with one attached hydrogen (secondary N) is 2. The van der Waals surface area contributed by atoms with Gasteiger partial charge in [-0.1, -0.05) is 6.07 Å². The molecule has 1 aliphatic rings. The molecular formula is C16H25N2O3+. The lowest BCUT2D eigenvalue weighted by Crippen LogP contribution is -3.16. The molecule has 1 fully saturated rings. The van der Waals surface area contributed by atoms with E-state index in [1.54, 1.807) is 7.11 Å². The number of hydrogen-bond acceptors (Lipinski definition) is 3. The van der Waals surface area contributed by atoms with Gasteiger partial charge in [0.05, 0.1) is 12.8 Å². The van der Waals surface area contributed by atoms with Gasteiger partial charge in [-0.3, -0.25) is 4.79 Å². The van der Waals surface area contributed by atoms with E-state index in [1.807, 2.05) is 25.1 Å². The molecule has 5 heteroatoms. The van der Waals surface area contributed by atoms with Crippen LogP contribution in [-0.4, -0.2) is 44.9 Å². The van der Waals surface area contributed by atoms with Gasteiger partial charge in [-0.05, 0) is 38.5 Å². The highest BCUT2D eigenvalue weighted by Crippen LogP contribution is 2.24. The maximum absolute atomic E-state index is 12.2. The van der Waals surface area contributed by atoms with Crippen LogP contribution >= 0.6 is 0 Å². The van der Waals surface area contributed by atoms with E-state index in [-0.39, 0.29) is 18.1 Å². The third-order valence-electron chi connectivity index (χ3n) is 3.66. The second-order valence-electron chi connectivity index (χ2n) is 5.84. The summed E-state index contributed by atoms with van der Waals surface area (Å²) in [6.07, 6.45) is 0.398. The Hall–Kier alpha value is -1.59. The molecule has 0 bridgehead atoms. The second kappa shape index (κ2) is 6.91. The van der Waals surface area contributed by atoms with Crippen LogP contribution in [0.4, 0.5) is 5.69 Å². The Kier molecular flexibility index (Phi) is 5.20. The van der Waals surface area contributed by atoms with Crippen LogP contribution in [0.25, 0.3) is 0 Å². The SMILES string of the molecule is COc1ccc(C)cc1NC(=O)C[NH+]1C[C@@H](C)O[C@H](C)C1. The maximum Gasteiger partial charge on any atom is 0.279 e. The van der Waals surface area contributed by atoms with Crippen molar-refractivity contribution in [2.75, 3.05) is 32.1 Å². The highest BCUT2D eigenvalue weighted by molar-refractivity contribution is 5.93. The number of methoxy groups -OCH3 is 1. The fourth-order valence-corrected chi connectivity index (χ4v) is 2.87. The summed E-state index contributed by atoms with van der Waals surface area (Å²) in [5.41, 5.74) is 1.82. The molecule has 0 aromatic heterocycles. The van der Waals surface area contributed by atoms with E-state index in [2.05, 4.69) is 19.2 Å². The molecule has 1 amide bonds. The van der Waals surface area contributed by atoms with Crippen LogP contribution in [0.1, 0.15) is 19.4 Å². The number of aryl methyl sites for hydroxylation is 1. The molecule has 21 heavy (non-hydrogen) atoms. The number of ether oxygens (including phenoxy) is 2. The van der Waals surface area contributed by atoms with Gasteiger partial charge in [0, 0.05) is 0 Å². The zero-order chi connectivity index (χ0) is 15.4. The first-order chi connectivity index (χ1) is 9.97. The molecule has 2 N–H and O–H groups in total. The van der Waals surface area contributed by atoms with Gasteiger partial charge in [0.15, 0.2) is 6.54 Å². The van der Waals surface area contributed by atoms with E-state index in [9.17, 15) is 4.79 Å². The highest BCUT2D eigenvalue weighted by Gasteiger charge is 2.27. The number of carbonyl (C=O) groups excluding carboxylic acids is 1. The van der Waals surface area contributed by atoms with E-state index in [1.165, 1.54) is 4.90 Å². The molecule has 1 saturated heterocycles.